The minimum Gasteiger partial charge on any atom is -0.371 e. The summed E-state index contributed by atoms with van der Waals surface area (Å²) in [7, 11) is 0. The van der Waals surface area contributed by atoms with Crippen molar-refractivity contribution in [2.45, 2.75) is 12.8 Å². The molecule has 0 atom stereocenters. The lowest BCUT2D eigenvalue weighted by Crippen LogP contribution is -2.18. The molecule has 2 aromatic rings. The van der Waals surface area contributed by atoms with E-state index in [1.54, 1.807) is 6.20 Å². The molecule has 94 valence electrons. The summed E-state index contributed by atoms with van der Waals surface area (Å²) >= 11 is 3.60. The van der Waals surface area contributed by atoms with Crippen LogP contribution >= 0.6 is 15.9 Å². The number of nitrogen functional groups attached to an aromatic ring is 1. The molecule has 18 heavy (non-hydrogen) atoms. The summed E-state index contributed by atoms with van der Waals surface area (Å²) in [6, 6.07) is 6.18. The van der Waals surface area contributed by atoms with Crippen LogP contribution in [0.2, 0.25) is 0 Å². The topological polar surface area (TPSA) is 55.3 Å². The van der Waals surface area contributed by atoms with Crippen LogP contribution in [0.5, 0.6) is 0 Å². The largest absolute Gasteiger partial charge is 0.371 e. The van der Waals surface area contributed by atoms with Crippen molar-refractivity contribution in [1.82, 2.24) is 5.16 Å². The zero-order chi connectivity index (χ0) is 12.5. The van der Waals surface area contributed by atoms with Crippen molar-refractivity contribution in [2.75, 3.05) is 23.7 Å². The number of hydrogen-bond acceptors (Lipinski definition) is 4. The van der Waals surface area contributed by atoms with E-state index in [0.29, 0.717) is 5.88 Å². The van der Waals surface area contributed by atoms with E-state index in [9.17, 15) is 0 Å². The Kier molecular flexibility index (Phi) is 2.99. The molecule has 1 aliphatic heterocycles. The van der Waals surface area contributed by atoms with Crippen molar-refractivity contribution in [3.8, 4) is 11.1 Å². The number of rotatable bonds is 2. The number of hydrogen-bond donors (Lipinski definition) is 1. The second kappa shape index (κ2) is 4.65. The molecule has 5 heteroatoms. The first-order valence-corrected chi connectivity index (χ1v) is 6.80. The van der Waals surface area contributed by atoms with E-state index in [4.69, 9.17) is 10.3 Å². The lowest BCUT2D eigenvalue weighted by molar-refractivity contribution is 0.436. The van der Waals surface area contributed by atoms with E-state index >= 15 is 0 Å². The van der Waals surface area contributed by atoms with Gasteiger partial charge >= 0.3 is 0 Å². The number of anilines is 2. The van der Waals surface area contributed by atoms with Crippen molar-refractivity contribution < 1.29 is 4.52 Å². The van der Waals surface area contributed by atoms with Crippen molar-refractivity contribution in [3.05, 3.63) is 28.9 Å². The van der Waals surface area contributed by atoms with Gasteiger partial charge in [-0.25, -0.2) is 0 Å². The Bertz CT molecular complexity index is 561. The number of benzene rings is 1. The van der Waals surface area contributed by atoms with Crippen LogP contribution in [-0.4, -0.2) is 18.2 Å². The maximum Gasteiger partial charge on any atom is 0.230 e. The summed E-state index contributed by atoms with van der Waals surface area (Å²) in [5.41, 5.74) is 8.95. The maximum absolute atomic E-state index is 5.84. The molecular weight excluding hydrogens is 294 g/mol. The van der Waals surface area contributed by atoms with Crippen LogP contribution in [-0.2, 0) is 0 Å². The third kappa shape index (κ3) is 1.88. The van der Waals surface area contributed by atoms with Crippen molar-refractivity contribution in [2.24, 2.45) is 0 Å². The molecule has 0 unspecified atom stereocenters. The second-order valence-electron chi connectivity index (χ2n) is 4.43. The van der Waals surface area contributed by atoms with E-state index in [1.807, 2.05) is 12.1 Å². The summed E-state index contributed by atoms with van der Waals surface area (Å²) < 4.78 is 6.00. The van der Waals surface area contributed by atoms with Crippen LogP contribution in [0.1, 0.15) is 12.8 Å². The Morgan fingerprint density at radius 1 is 1.28 bits per heavy atom. The van der Waals surface area contributed by atoms with Crippen LogP contribution in [0.3, 0.4) is 0 Å². The van der Waals surface area contributed by atoms with Gasteiger partial charge in [-0.1, -0.05) is 27.2 Å². The molecule has 0 amide bonds. The summed E-state index contributed by atoms with van der Waals surface area (Å²) in [6.45, 7) is 2.18. The maximum atomic E-state index is 5.84. The summed E-state index contributed by atoms with van der Waals surface area (Å²) in [6.07, 6.45) is 4.16. The highest BCUT2D eigenvalue weighted by Gasteiger charge is 2.21. The molecule has 4 nitrogen and oxygen atoms in total. The predicted molar refractivity (Wildman–Crippen MR) is 75.5 cm³/mol. The lowest BCUT2D eigenvalue weighted by Gasteiger charge is -2.21. The summed E-state index contributed by atoms with van der Waals surface area (Å²) in [5.74, 6) is 0.363. The summed E-state index contributed by atoms with van der Waals surface area (Å²) in [5, 5.41) is 3.77. The van der Waals surface area contributed by atoms with Crippen molar-refractivity contribution in [1.29, 1.82) is 0 Å². The van der Waals surface area contributed by atoms with Gasteiger partial charge in [-0.05, 0) is 25.0 Å². The molecule has 0 radical (unpaired) electrons. The van der Waals surface area contributed by atoms with E-state index in [0.717, 1.165) is 28.7 Å². The Balaban J connectivity index is 2.15. The minimum absolute atomic E-state index is 0.363. The van der Waals surface area contributed by atoms with E-state index < -0.39 is 0 Å². The van der Waals surface area contributed by atoms with Crippen LogP contribution in [0.25, 0.3) is 11.1 Å². The van der Waals surface area contributed by atoms with Gasteiger partial charge in [0.1, 0.15) is 0 Å². The zero-order valence-electron chi connectivity index (χ0n) is 9.90. The predicted octanol–water partition coefficient (Wildman–Crippen LogP) is 3.29. The normalized spacial score (nSPS) is 15.3. The molecule has 2 N–H and O–H groups in total. The Morgan fingerprint density at radius 2 is 2.06 bits per heavy atom. The molecule has 1 aromatic heterocycles. The highest BCUT2D eigenvalue weighted by atomic mass is 79.9. The molecule has 1 aliphatic rings. The number of nitrogens with two attached hydrogens (primary N) is 1. The second-order valence-corrected chi connectivity index (χ2v) is 5.29. The quantitative estimate of drug-likeness (QED) is 0.925. The molecule has 3 rings (SSSR count). The number of nitrogens with zero attached hydrogens (tertiary/aromatic N) is 2. The van der Waals surface area contributed by atoms with E-state index in [-0.39, 0.29) is 0 Å². The summed E-state index contributed by atoms with van der Waals surface area (Å²) in [4.78, 5) is 2.38. The minimum atomic E-state index is 0.363. The smallest absolute Gasteiger partial charge is 0.230 e. The first-order chi connectivity index (χ1) is 8.77. The fourth-order valence-corrected chi connectivity index (χ4v) is 3.01. The van der Waals surface area contributed by atoms with Gasteiger partial charge in [0.05, 0.1) is 11.8 Å². The fraction of sp³-hybridized carbons (Fsp3) is 0.308. The Hall–Kier alpha value is -1.49. The Labute approximate surface area is 114 Å². The van der Waals surface area contributed by atoms with Gasteiger partial charge in [0.25, 0.3) is 0 Å². The van der Waals surface area contributed by atoms with Crippen molar-refractivity contribution >= 4 is 27.5 Å². The van der Waals surface area contributed by atoms with Crippen LogP contribution < -0.4 is 10.6 Å². The fourth-order valence-electron chi connectivity index (χ4n) is 2.44. The molecule has 1 fully saturated rings. The van der Waals surface area contributed by atoms with Crippen LogP contribution in [0.15, 0.2) is 33.4 Å². The van der Waals surface area contributed by atoms with Gasteiger partial charge in [-0.2, -0.15) is 0 Å². The van der Waals surface area contributed by atoms with Gasteiger partial charge < -0.3 is 15.2 Å². The van der Waals surface area contributed by atoms with Crippen LogP contribution in [0, 0.1) is 0 Å². The molecule has 0 saturated carbocycles. The molecule has 0 aliphatic carbocycles. The van der Waals surface area contributed by atoms with Gasteiger partial charge in [0.2, 0.25) is 5.88 Å². The van der Waals surface area contributed by atoms with Gasteiger partial charge in [-0.15, -0.1) is 0 Å². The first-order valence-electron chi connectivity index (χ1n) is 6.01. The third-order valence-corrected chi connectivity index (χ3v) is 3.97. The molecule has 0 bridgehead atoms. The third-order valence-electron chi connectivity index (χ3n) is 3.31. The highest BCUT2D eigenvalue weighted by Crippen LogP contribution is 2.40. The van der Waals surface area contributed by atoms with Gasteiger partial charge in [-0.3, -0.25) is 0 Å². The molecule has 1 aromatic carbocycles. The monoisotopic (exact) mass is 307 g/mol. The average molecular weight is 308 g/mol. The molecular formula is C13H14BrN3O. The van der Waals surface area contributed by atoms with E-state index in [1.165, 1.54) is 18.5 Å². The van der Waals surface area contributed by atoms with Crippen LogP contribution in [0.4, 0.5) is 11.6 Å². The number of halogens is 1. The van der Waals surface area contributed by atoms with Crippen molar-refractivity contribution in [3.63, 3.8) is 0 Å². The van der Waals surface area contributed by atoms with E-state index in [2.05, 4.69) is 32.1 Å². The molecule has 1 saturated heterocycles. The highest BCUT2D eigenvalue weighted by molar-refractivity contribution is 9.10. The average Bonchev–Trinajstić information content (AvgIpc) is 3.00. The Morgan fingerprint density at radius 3 is 2.72 bits per heavy atom. The lowest BCUT2D eigenvalue weighted by atomic mass is 10.1. The zero-order valence-corrected chi connectivity index (χ0v) is 11.5. The number of aromatic nitrogens is 1. The first kappa shape index (κ1) is 11.6. The SMILES string of the molecule is Nc1oncc1-c1c(Br)cccc1N1CCCC1. The van der Waals surface area contributed by atoms with Gasteiger partial charge in [0.15, 0.2) is 0 Å². The standard InChI is InChI=1S/C13H14BrN3O/c14-10-4-3-5-11(17-6-1-2-7-17)12(10)9-8-16-18-13(9)15/h3-5,8H,1-2,6-7,15H2. The molecule has 2 heterocycles. The van der Waals surface area contributed by atoms with Gasteiger partial charge in [0, 0.05) is 28.8 Å². The molecule has 0 spiro atoms.